The van der Waals surface area contributed by atoms with Gasteiger partial charge in [0.2, 0.25) is 0 Å². The molecule has 2 heterocycles. The summed E-state index contributed by atoms with van der Waals surface area (Å²) in [6.07, 6.45) is 0.197. The average Bonchev–Trinajstić information content (AvgIpc) is 2.27. The minimum Gasteiger partial charge on any atom is -0.316 e. The highest BCUT2D eigenvalue weighted by Crippen LogP contribution is 2.15. The summed E-state index contributed by atoms with van der Waals surface area (Å²) in [6.45, 7) is 5.02. The zero-order valence-electron chi connectivity index (χ0n) is 7.54. The third-order valence-corrected chi connectivity index (χ3v) is 2.60. The van der Waals surface area contributed by atoms with Crippen molar-refractivity contribution < 1.29 is 4.39 Å². The maximum Gasteiger partial charge on any atom is 0.114 e. The van der Waals surface area contributed by atoms with Crippen LogP contribution in [0.4, 0.5) is 4.39 Å². The molecule has 13 heavy (non-hydrogen) atoms. The first-order valence-corrected chi connectivity index (χ1v) is 4.42. The van der Waals surface area contributed by atoms with Crippen molar-refractivity contribution in [3.8, 4) is 0 Å². The molecule has 0 spiro atoms. The highest BCUT2D eigenvalue weighted by molar-refractivity contribution is 5.85. The molecule has 0 radical (unpaired) electrons. The summed E-state index contributed by atoms with van der Waals surface area (Å²) in [6, 6.07) is 0. The average molecular weight is 231 g/mol. The Morgan fingerprint density at radius 3 is 2.38 bits per heavy atom. The van der Waals surface area contributed by atoms with Crippen molar-refractivity contribution in [1.29, 1.82) is 0 Å². The van der Waals surface area contributed by atoms with Crippen molar-refractivity contribution in [3.63, 3.8) is 0 Å². The van der Waals surface area contributed by atoms with Gasteiger partial charge in [-0.2, -0.15) is 0 Å². The second-order valence-electron chi connectivity index (χ2n) is 3.67. The van der Waals surface area contributed by atoms with Crippen LogP contribution in [0.3, 0.4) is 0 Å². The molecule has 0 aromatic rings. The van der Waals surface area contributed by atoms with Gasteiger partial charge in [-0.05, 0) is 12.3 Å². The maximum atomic E-state index is 12.7. The van der Waals surface area contributed by atoms with Crippen molar-refractivity contribution in [2.45, 2.75) is 12.6 Å². The summed E-state index contributed by atoms with van der Waals surface area (Å²) in [5.74, 6) is 0.792. The third kappa shape index (κ3) is 3.58. The number of nitrogens with zero attached hydrogens (tertiary/aromatic N) is 1. The molecule has 2 fully saturated rings. The molecule has 5 heteroatoms. The Labute approximate surface area is 91.1 Å². The second-order valence-corrected chi connectivity index (χ2v) is 3.67. The molecule has 0 bridgehead atoms. The Hall–Kier alpha value is 0.430. The molecule has 0 aromatic heterocycles. The van der Waals surface area contributed by atoms with E-state index in [9.17, 15) is 4.39 Å². The van der Waals surface area contributed by atoms with E-state index in [1.54, 1.807) is 0 Å². The van der Waals surface area contributed by atoms with E-state index in [4.69, 9.17) is 0 Å². The lowest BCUT2D eigenvalue weighted by Crippen LogP contribution is -2.47. The second kappa shape index (κ2) is 6.02. The summed E-state index contributed by atoms with van der Waals surface area (Å²) in [5, 5.41) is 3.23. The van der Waals surface area contributed by atoms with Gasteiger partial charge < -0.3 is 5.32 Å². The molecule has 0 unspecified atom stereocenters. The molecule has 0 saturated carbocycles. The lowest BCUT2D eigenvalue weighted by atomic mass is 10.0. The molecule has 1 atom stereocenters. The molecule has 0 aromatic carbocycles. The van der Waals surface area contributed by atoms with Crippen molar-refractivity contribution in [3.05, 3.63) is 0 Å². The molecular weight excluding hydrogens is 214 g/mol. The summed E-state index contributed by atoms with van der Waals surface area (Å²) in [7, 11) is 0. The van der Waals surface area contributed by atoms with Gasteiger partial charge in [0.25, 0.3) is 0 Å². The SMILES string of the molecule is Cl.Cl.F[C@@H]1CCN(CC2CNC2)C1. The van der Waals surface area contributed by atoms with Crippen molar-refractivity contribution in [2.24, 2.45) is 5.92 Å². The lowest BCUT2D eigenvalue weighted by molar-refractivity contribution is 0.211. The standard InChI is InChI=1S/C8H15FN2.2ClH/c9-8-1-2-11(6-8)5-7-3-10-4-7;;/h7-8,10H,1-6H2;2*1H/t8-;;/m1../s1. The van der Waals surface area contributed by atoms with Gasteiger partial charge in [0.1, 0.15) is 6.17 Å². The quantitative estimate of drug-likeness (QED) is 0.765. The third-order valence-electron chi connectivity index (χ3n) is 2.60. The minimum absolute atomic E-state index is 0. The molecule has 2 aliphatic heterocycles. The predicted molar refractivity (Wildman–Crippen MR) is 56.8 cm³/mol. The summed E-state index contributed by atoms with van der Waals surface area (Å²) in [5.41, 5.74) is 0. The lowest BCUT2D eigenvalue weighted by Gasteiger charge is -2.30. The molecule has 2 nitrogen and oxygen atoms in total. The van der Waals surface area contributed by atoms with E-state index < -0.39 is 6.17 Å². The molecule has 2 aliphatic rings. The number of likely N-dealkylation sites (tertiary alicyclic amines) is 1. The van der Waals surface area contributed by atoms with Crippen LogP contribution in [0.25, 0.3) is 0 Å². The minimum atomic E-state index is -0.553. The Kier molecular flexibility index (Phi) is 6.21. The Bertz CT molecular complexity index is 144. The molecular formula is C8H17Cl2FN2. The van der Waals surface area contributed by atoms with Crippen LogP contribution in [0, 0.1) is 5.92 Å². The van der Waals surface area contributed by atoms with Gasteiger partial charge >= 0.3 is 0 Å². The molecule has 2 saturated heterocycles. The van der Waals surface area contributed by atoms with Crippen LogP contribution in [-0.4, -0.2) is 43.8 Å². The topological polar surface area (TPSA) is 15.3 Å². The van der Waals surface area contributed by atoms with Crippen LogP contribution in [0.2, 0.25) is 0 Å². The van der Waals surface area contributed by atoms with Crippen LogP contribution in [-0.2, 0) is 0 Å². The fourth-order valence-corrected chi connectivity index (χ4v) is 1.79. The largest absolute Gasteiger partial charge is 0.316 e. The van der Waals surface area contributed by atoms with Crippen LogP contribution in [0.1, 0.15) is 6.42 Å². The van der Waals surface area contributed by atoms with Gasteiger partial charge in [-0.15, -0.1) is 24.8 Å². The van der Waals surface area contributed by atoms with Crippen molar-refractivity contribution >= 4 is 24.8 Å². The number of nitrogens with one attached hydrogen (secondary N) is 1. The van der Waals surface area contributed by atoms with Crippen molar-refractivity contribution in [2.75, 3.05) is 32.7 Å². The Morgan fingerprint density at radius 2 is 2.00 bits per heavy atom. The van der Waals surface area contributed by atoms with E-state index in [1.807, 2.05) is 0 Å². The first kappa shape index (κ1) is 13.4. The highest BCUT2D eigenvalue weighted by atomic mass is 35.5. The predicted octanol–water partition coefficient (Wildman–Crippen LogP) is 1.09. The fraction of sp³-hybridized carbons (Fsp3) is 1.00. The van der Waals surface area contributed by atoms with Gasteiger partial charge in [-0.3, -0.25) is 4.90 Å². The first-order chi connectivity index (χ1) is 5.34. The normalized spacial score (nSPS) is 28.8. The van der Waals surface area contributed by atoms with Gasteiger partial charge in [-0.1, -0.05) is 0 Å². The van der Waals surface area contributed by atoms with E-state index in [0.717, 1.165) is 38.5 Å². The van der Waals surface area contributed by atoms with E-state index in [-0.39, 0.29) is 24.8 Å². The molecule has 1 N–H and O–H groups in total. The smallest absolute Gasteiger partial charge is 0.114 e. The number of rotatable bonds is 2. The Morgan fingerprint density at radius 1 is 1.31 bits per heavy atom. The van der Waals surface area contributed by atoms with E-state index in [0.29, 0.717) is 6.54 Å². The van der Waals surface area contributed by atoms with E-state index in [2.05, 4.69) is 10.2 Å². The summed E-state index contributed by atoms with van der Waals surface area (Å²) in [4.78, 5) is 2.25. The molecule has 2 rings (SSSR count). The number of alkyl halides is 1. The molecule has 80 valence electrons. The van der Waals surface area contributed by atoms with Crippen LogP contribution >= 0.6 is 24.8 Å². The molecule has 0 aliphatic carbocycles. The first-order valence-electron chi connectivity index (χ1n) is 4.42. The van der Waals surface area contributed by atoms with Crippen LogP contribution in [0.15, 0.2) is 0 Å². The van der Waals surface area contributed by atoms with Crippen LogP contribution < -0.4 is 5.32 Å². The van der Waals surface area contributed by atoms with Gasteiger partial charge in [-0.25, -0.2) is 4.39 Å². The number of hydrogen-bond donors (Lipinski definition) is 1. The van der Waals surface area contributed by atoms with Gasteiger partial charge in [0.05, 0.1) is 0 Å². The Balaban J connectivity index is 0.000000720. The van der Waals surface area contributed by atoms with E-state index in [1.165, 1.54) is 0 Å². The van der Waals surface area contributed by atoms with Crippen LogP contribution in [0.5, 0.6) is 0 Å². The van der Waals surface area contributed by atoms with Gasteiger partial charge in [0.15, 0.2) is 0 Å². The highest BCUT2D eigenvalue weighted by Gasteiger charge is 2.26. The maximum absolute atomic E-state index is 12.7. The zero-order chi connectivity index (χ0) is 7.68. The molecule has 0 amide bonds. The fourth-order valence-electron chi connectivity index (χ4n) is 1.79. The summed E-state index contributed by atoms with van der Waals surface area (Å²) < 4.78 is 12.7. The number of hydrogen-bond acceptors (Lipinski definition) is 2. The van der Waals surface area contributed by atoms with Crippen molar-refractivity contribution in [1.82, 2.24) is 10.2 Å². The number of halogens is 3. The zero-order valence-corrected chi connectivity index (χ0v) is 9.17. The van der Waals surface area contributed by atoms with E-state index >= 15 is 0 Å². The summed E-state index contributed by atoms with van der Waals surface area (Å²) >= 11 is 0. The monoisotopic (exact) mass is 230 g/mol. The van der Waals surface area contributed by atoms with Gasteiger partial charge in [0, 0.05) is 32.7 Å².